The van der Waals surface area contributed by atoms with Crippen LogP contribution in [0.2, 0.25) is 5.02 Å². The van der Waals surface area contributed by atoms with E-state index in [0.717, 1.165) is 0 Å². The smallest absolute Gasteiger partial charge is 0.255 e. The lowest BCUT2D eigenvalue weighted by Gasteiger charge is -2.23. The Morgan fingerprint density at radius 2 is 2.04 bits per heavy atom. The van der Waals surface area contributed by atoms with Gasteiger partial charge in [-0.05, 0) is 36.4 Å². The highest BCUT2D eigenvalue weighted by atomic mass is 35.5. The summed E-state index contributed by atoms with van der Waals surface area (Å²) in [6.45, 7) is 0. The lowest BCUT2D eigenvalue weighted by Crippen LogP contribution is -2.44. The molecule has 1 N–H and O–H groups in total. The zero-order valence-corrected chi connectivity index (χ0v) is 13.7. The lowest BCUT2D eigenvalue weighted by atomic mass is 10.1. The van der Waals surface area contributed by atoms with Gasteiger partial charge in [0.1, 0.15) is 6.04 Å². The molecule has 0 bridgehead atoms. The Morgan fingerprint density at radius 1 is 1.26 bits per heavy atom. The average molecular weight is 348 g/mol. The molecule has 1 aliphatic rings. The van der Waals surface area contributed by atoms with E-state index in [0.29, 0.717) is 27.9 Å². The number of carbonyl (C=O) groups is 2. The van der Waals surface area contributed by atoms with Gasteiger partial charge in [0.25, 0.3) is 5.91 Å². The largest absolute Gasteiger partial charge is 0.323 e. The van der Waals surface area contributed by atoms with Crippen molar-refractivity contribution >= 4 is 40.9 Å². The van der Waals surface area contributed by atoms with E-state index in [1.165, 1.54) is 0 Å². The van der Waals surface area contributed by atoms with Gasteiger partial charge in [0, 0.05) is 22.5 Å². The van der Waals surface area contributed by atoms with E-state index in [-0.39, 0.29) is 11.8 Å². The van der Waals surface area contributed by atoms with E-state index in [9.17, 15) is 9.59 Å². The number of aromatic nitrogens is 1. The van der Waals surface area contributed by atoms with Crippen molar-refractivity contribution in [1.82, 2.24) is 9.88 Å². The van der Waals surface area contributed by atoms with Crippen molar-refractivity contribution in [3.8, 4) is 0 Å². The van der Waals surface area contributed by atoms with Gasteiger partial charge in [0.05, 0.1) is 17.8 Å². The summed E-state index contributed by atoms with van der Waals surface area (Å²) < 4.78 is 0. The summed E-state index contributed by atoms with van der Waals surface area (Å²) in [6.07, 6.45) is 3.21. The first-order valence-electron chi connectivity index (χ1n) is 7.00. The first-order valence-corrected chi connectivity index (χ1v) is 8.53. The highest BCUT2D eigenvalue weighted by Crippen LogP contribution is 2.24. The molecule has 2 amide bonds. The fourth-order valence-electron chi connectivity index (χ4n) is 2.28. The molecule has 5 nitrogen and oxygen atoms in total. The van der Waals surface area contributed by atoms with Gasteiger partial charge < -0.3 is 10.2 Å². The monoisotopic (exact) mass is 347 g/mol. The second-order valence-electron chi connectivity index (χ2n) is 5.03. The topological polar surface area (TPSA) is 62.3 Å². The molecule has 118 valence electrons. The summed E-state index contributed by atoms with van der Waals surface area (Å²) in [5, 5.41) is 3.37. The minimum absolute atomic E-state index is 0.169. The fourth-order valence-corrected chi connectivity index (χ4v) is 3.56. The fraction of sp³-hybridized carbons (Fsp3) is 0.188. The molecule has 1 saturated heterocycles. The van der Waals surface area contributed by atoms with Crippen molar-refractivity contribution in [2.45, 2.75) is 6.04 Å². The standard InChI is InChI=1S/C16H14ClN3O2S/c17-12-5-3-11(4-6-12)16(22)20-10-23-9-14(20)15(21)19-13-2-1-7-18-8-13/h1-8,14H,9-10H2,(H,19,21). The van der Waals surface area contributed by atoms with Crippen LogP contribution in [-0.4, -0.2) is 39.4 Å². The maximum Gasteiger partial charge on any atom is 0.255 e. The molecule has 1 aromatic heterocycles. The van der Waals surface area contributed by atoms with Crippen LogP contribution >= 0.6 is 23.4 Å². The Kier molecular flexibility index (Phi) is 4.83. The second-order valence-corrected chi connectivity index (χ2v) is 6.46. The maximum atomic E-state index is 12.6. The Balaban J connectivity index is 1.73. The number of benzene rings is 1. The molecule has 7 heteroatoms. The predicted octanol–water partition coefficient (Wildman–Crippen LogP) is 2.89. The molecule has 1 aromatic carbocycles. The molecule has 1 aliphatic heterocycles. The number of thioether (sulfide) groups is 1. The van der Waals surface area contributed by atoms with Crippen LogP contribution in [0.15, 0.2) is 48.8 Å². The summed E-state index contributed by atoms with van der Waals surface area (Å²) >= 11 is 7.40. The summed E-state index contributed by atoms with van der Waals surface area (Å²) in [6, 6.07) is 9.69. The normalized spacial score (nSPS) is 17.1. The zero-order valence-electron chi connectivity index (χ0n) is 12.1. The number of rotatable bonds is 3. The molecule has 0 saturated carbocycles. The van der Waals surface area contributed by atoms with Crippen LogP contribution in [0.3, 0.4) is 0 Å². The predicted molar refractivity (Wildman–Crippen MR) is 91.6 cm³/mol. The molecule has 23 heavy (non-hydrogen) atoms. The van der Waals surface area contributed by atoms with Crippen molar-refractivity contribution in [1.29, 1.82) is 0 Å². The summed E-state index contributed by atoms with van der Waals surface area (Å²) in [5.41, 5.74) is 1.14. The van der Waals surface area contributed by atoms with Gasteiger partial charge in [-0.1, -0.05) is 11.6 Å². The number of carbonyl (C=O) groups excluding carboxylic acids is 2. The minimum Gasteiger partial charge on any atom is -0.323 e. The van der Waals surface area contributed by atoms with Crippen LogP contribution in [0.25, 0.3) is 0 Å². The van der Waals surface area contributed by atoms with Crippen molar-refractivity contribution in [2.24, 2.45) is 0 Å². The number of hydrogen-bond donors (Lipinski definition) is 1. The van der Waals surface area contributed by atoms with Crippen LogP contribution in [0.4, 0.5) is 5.69 Å². The van der Waals surface area contributed by atoms with E-state index >= 15 is 0 Å². The molecule has 0 radical (unpaired) electrons. The Bertz CT molecular complexity index is 709. The Labute approximate surface area is 143 Å². The highest BCUT2D eigenvalue weighted by molar-refractivity contribution is 7.99. The molecular formula is C16H14ClN3O2S. The third-order valence-corrected chi connectivity index (χ3v) is 4.73. The third kappa shape index (κ3) is 3.65. The van der Waals surface area contributed by atoms with Crippen LogP contribution in [-0.2, 0) is 4.79 Å². The Hall–Kier alpha value is -2.05. The van der Waals surface area contributed by atoms with Crippen molar-refractivity contribution < 1.29 is 9.59 Å². The van der Waals surface area contributed by atoms with Crippen molar-refractivity contribution in [3.63, 3.8) is 0 Å². The van der Waals surface area contributed by atoms with Crippen LogP contribution in [0.1, 0.15) is 10.4 Å². The highest BCUT2D eigenvalue weighted by Gasteiger charge is 2.35. The molecule has 3 rings (SSSR count). The van der Waals surface area contributed by atoms with Crippen LogP contribution < -0.4 is 5.32 Å². The van der Waals surface area contributed by atoms with E-state index in [1.54, 1.807) is 65.5 Å². The van der Waals surface area contributed by atoms with Crippen molar-refractivity contribution in [3.05, 3.63) is 59.4 Å². The molecular weight excluding hydrogens is 334 g/mol. The number of nitrogens with zero attached hydrogens (tertiary/aromatic N) is 2. The summed E-state index contributed by atoms with van der Waals surface area (Å²) in [4.78, 5) is 30.6. The lowest BCUT2D eigenvalue weighted by molar-refractivity contribution is -0.119. The van der Waals surface area contributed by atoms with Gasteiger partial charge in [0.15, 0.2) is 0 Å². The molecule has 1 atom stereocenters. The second kappa shape index (κ2) is 7.02. The molecule has 0 spiro atoms. The minimum atomic E-state index is -0.497. The quantitative estimate of drug-likeness (QED) is 0.927. The van der Waals surface area contributed by atoms with Gasteiger partial charge in [-0.2, -0.15) is 0 Å². The van der Waals surface area contributed by atoms with Crippen LogP contribution in [0, 0.1) is 0 Å². The number of pyridine rings is 1. The van der Waals surface area contributed by atoms with E-state index < -0.39 is 6.04 Å². The van der Waals surface area contributed by atoms with Gasteiger partial charge in [-0.15, -0.1) is 11.8 Å². The van der Waals surface area contributed by atoms with E-state index in [4.69, 9.17) is 11.6 Å². The van der Waals surface area contributed by atoms with Gasteiger partial charge >= 0.3 is 0 Å². The molecule has 2 aromatic rings. The Morgan fingerprint density at radius 3 is 2.74 bits per heavy atom. The van der Waals surface area contributed by atoms with Gasteiger partial charge in [-0.25, -0.2) is 0 Å². The molecule has 2 heterocycles. The number of amides is 2. The summed E-state index contributed by atoms with van der Waals surface area (Å²) in [5.74, 6) is 0.696. The maximum absolute atomic E-state index is 12.6. The van der Waals surface area contributed by atoms with E-state index in [1.807, 2.05) is 0 Å². The first kappa shape index (κ1) is 15.8. The van der Waals surface area contributed by atoms with E-state index in [2.05, 4.69) is 10.3 Å². The number of anilines is 1. The molecule has 1 unspecified atom stereocenters. The van der Waals surface area contributed by atoms with Crippen LogP contribution in [0.5, 0.6) is 0 Å². The third-order valence-electron chi connectivity index (χ3n) is 3.47. The van der Waals surface area contributed by atoms with Gasteiger partial charge in [-0.3, -0.25) is 14.6 Å². The number of halogens is 1. The number of hydrogen-bond acceptors (Lipinski definition) is 4. The summed E-state index contributed by atoms with van der Waals surface area (Å²) in [7, 11) is 0. The number of nitrogens with one attached hydrogen (secondary N) is 1. The molecule has 0 aliphatic carbocycles. The first-order chi connectivity index (χ1) is 11.1. The zero-order chi connectivity index (χ0) is 16.2. The van der Waals surface area contributed by atoms with Gasteiger partial charge in [0.2, 0.25) is 5.91 Å². The SMILES string of the molecule is O=C(Nc1cccnc1)C1CSCN1C(=O)c1ccc(Cl)cc1. The van der Waals surface area contributed by atoms with Crippen molar-refractivity contribution in [2.75, 3.05) is 16.9 Å². The molecule has 1 fully saturated rings. The average Bonchev–Trinajstić information content (AvgIpc) is 3.05.